The average Bonchev–Trinajstić information content (AvgIpc) is 2.80. The summed E-state index contributed by atoms with van der Waals surface area (Å²) >= 11 is 0. The summed E-state index contributed by atoms with van der Waals surface area (Å²) in [7, 11) is 0. The zero-order chi connectivity index (χ0) is 17.7. The molecule has 0 bridgehead atoms. The Kier molecular flexibility index (Phi) is 6.17. The predicted octanol–water partition coefficient (Wildman–Crippen LogP) is 3.38. The largest absolute Gasteiger partial charge is 0.468 e. The lowest BCUT2D eigenvalue weighted by molar-refractivity contribution is -0.154. The molecule has 7 heteroatoms. The van der Waals surface area contributed by atoms with E-state index in [0.29, 0.717) is 6.10 Å². The minimum atomic E-state index is -4.34. The predicted molar refractivity (Wildman–Crippen MR) is 87.8 cm³/mol. The van der Waals surface area contributed by atoms with E-state index in [4.69, 9.17) is 9.47 Å². The third kappa shape index (κ3) is 5.85. The van der Waals surface area contributed by atoms with Crippen LogP contribution in [0.3, 0.4) is 0 Å². The fourth-order valence-electron chi connectivity index (χ4n) is 3.43. The van der Waals surface area contributed by atoms with Gasteiger partial charge in [0.2, 0.25) is 5.88 Å². The lowest BCUT2D eigenvalue weighted by atomic mass is 10.1. The highest BCUT2D eigenvalue weighted by Gasteiger charge is 2.29. The van der Waals surface area contributed by atoms with E-state index in [9.17, 15) is 13.2 Å². The molecule has 0 radical (unpaired) electrons. The number of rotatable bonds is 5. The van der Waals surface area contributed by atoms with E-state index in [-0.39, 0.29) is 5.88 Å². The van der Waals surface area contributed by atoms with Gasteiger partial charge in [0.05, 0.1) is 6.10 Å². The second-order valence-corrected chi connectivity index (χ2v) is 6.78. The molecule has 0 aliphatic carbocycles. The van der Waals surface area contributed by atoms with Gasteiger partial charge in [0.25, 0.3) is 0 Å². The topological polar surface area (TPSA) is 34.6 Å². The van der Waals surface area contributed by atoms with Crippen LogP contribution in [0.25, 0.3) is 0 Å². The highest BCUT2D eigenvalue weighted by molar-refractivity contribution is 5.27. The van der Waals surface area contributed by atoms with Crippen molar-refractivity contribution in [3.05, 3.63) is 23.4 Å². The van der Waals surface area contributed by atoms with Crippen molar-refractivity contribution in [1.82, 2.24) is 9.88 Å². The molecule has 3 heterocycles. The summed E-state index contributed by atoms with van der Waals surface area (Å²) in [5.74, 6) is 0.0557. The molecular weight excluding hydrogens is 333 g/mol. The zero-order valence-electron chi connectivity index (χ0n) is 14.4. The molecule has 0 aromatic carbocycles. The third-order valence-corrected chi connectivity index (χ3v) is 4.83. The number of hydrogen-bond donors (Lipinski definition) is 0. The van der Waals surface area contributed by atoms with Crippen LogP contribution in [0, 0.1) is 0 Å². The van der Waals surface area contributed by atoms with Gasteiger partial charge in [0, 0.05) is 44.4 Å². The van der Waals surface area contributed by atoms with Crippen LogP contribution in [-0.2, 0) is 17.6 Å². The first-order chi connectivity index (χ1) is 12.0. The van der Waals surface area contributed by atoms with E-state index in [2.05, 4.69) is 9.88 Å². The van der Waals surface area contributed by atoms with Gasteiger partial charge < -0.3 is 14.4 Å². The Labute approximate surface area is 146 Å². The van der Waals surface area contributed by atoms with E-state index in [0.717, 1.165) is 63.2 Å². The Morgan fingerprint density at radius 2 is 2.04 bits per heavy atom. The molecule has 2 aliphatic rings. The second kappa shape index (κ2) is 8.36. The summed E-state index contributed by atoms with van der Waals surface area (Å²) < 4.78 is 47.3. The van der Waals surface area contributed by atoms with E-state index in [1.54, 1.807) is 0 Å². The standard InChI is InChI=1S/C18H25F3N2O2/c19-18(20,21)13-25-17-5-4-14-6-9-23(11-8-16(14)22-17)10-7-15-3-1-2-12-24-15/h4-5,15H,1-3,6-13H2/t15-/m1/s1. The minimum Gasteiger partial charge on any atom is -0.468 e. The molecule has 0 amide bonds. The van der Waals surface area contributed by atoms with Gasteiger partial charge >= 0.3 is 6.18 Å². The van der Waals surface area contributed by atoms with Crippen molar-refractivity contribution in [3.63, 3.8) is 0 Å². The van der Waals surface area contributed by atoms with E-state index in [1.165, 1.54) is 18.9 Å². The molecule has 0 spiro atoms. The number of aromatic nitrogens is 1. The first-order valence-electron chi connectivity index (χ1n) is 9.02. The molecule has 0 unspecified atom stereocenters. The lowest BCUT2D eigenvalue weighted by Gasteiger charge is -2.26. The van der Waals surface area contributed by atoms with Crippen LogP contribution in [0.2, 0.25) is 0 Å². The Morgan fingerprint density at radius 3 is 2.80 bits per heavy atom. The normalized spacial score (nSPS) is 22.3. The van der Waals surface area contributed by atoms with Crippen molar-refractivity contribution >= 4 is 0 Å². The summed E-state index contributed by atoms with van der Waals surface area (Å²) in [6.07, 6.45) is 2.25. The number of hydrogen-bond acceptors (Lipinski definition) is 4. The Hall–Kier alpha value is -1.34. The van der Waals surface area contributed by atoms with Gasteiger partial charge in [-0.1, -0.05) is 6.07 Å². The molecule has 2 aliphatic heterocycles. The lowest BCUT2D eigenvalue weighted by Crippen LogP contribution is -2.31. The molecule has 1 aromatic heterocycles. The van der Waals surface area contributed by atoms with Crippen molar-refractivity contribution in [3.8, 4) is 5.88 Å². The van der Waals surface area contributed by atoms with Gasteiger partial charge in [-0.2, -0.15) is 13.2 Å². The molecule has 0 N–H and O–H groups in total. The van der Waals surface area contributed by atoms with Crippen molar-refractivity contribution in [2.45, 2.75) is 50.8 Å². The monoisotopic (exact) mass is 358 g/mol. The van der Waals surface area contributed by atoms with E-state index in [1.807, 2.05) is 6.07 Å². The van der Waals surface area contributed by atoms with Crippen LogP contribution >= 0.6 is 0 Å². The highest BCUT2D eigenvalue weighted by Crippen LogP contribution is 2.22. The van der Waals surface area contributed by atoms with Gasteiger partial charge in [-0.25, -0.2) is 4.98 Å². The molecular formula is C18H25F3N2O2. The summed E-state index contributed by atoms with van der Waals surface area (Å²) in [5.41, 5.74) is 1.96. The molecule has 140 valence electrons. The van der Waals surface area contributed by atoms with E-state index >= 15 is 0 Å². The zero-order valence-corrected chi connectivity index (χ0v) is 14.4. The number of alkyl halides is 3. The maximum absolute atomic E-state index is 12.3. The molecule has 1 saturated heterocycles. The van der Waals surface area contributed by atoms with E-state index < -0.39 is 12.8 Å². The van der Waals surface area contributed by atoms with Crippen LogP contribution in [-0.4, -0.2) is 55.0 Å². The van der Waals surface area contributed by atoms with Crippen molar-refractivity contribution < 1.29 is 22.6 Å². The van der Waals surface area contributed by atoms with Gasteiger partial charge in [0.1, 0.15) is 0 Å². The third-order valence-electron chi connectivity index (χ3n) is 4.83. The molecule has 0 saturated carbocycles. The summed E-state index contributed by atoms with van der Waals surface area (Å²) in [6.45, 7) is 2.39. The molecule has 25 heavy (non-hydrogen) atoms. The number of nitrogens with zero attached hydrogens (tertiary/aromatic N) is 2. The quantitative estimate of drug-likeness (QED) is 0.808. The van der Waals surface area contributed by atoms with Gasteiger partial charge in [-0.05, 0) is 37.7 Å². The molecule has 4 nitrogen and oxygen atoms in total. The maximum atomic E-state index is 12.3. The maximum Gasteiger partial charge on any atom is 0.422 e. The SMILES string of the molecule is FC(F)(F)COc1ccc2c(n1)CCN(CC[C@H]1CCCCO1)CC2. The smallest absolute Gasteiger partial charge is 0.422 e. The van der Waals surface area contributed by atoms with Gasteiger partial charge in [-0.15, -0.1) is 0 Å². The van der Waals surface area contributed by atoms with Crippen molar-refractivity contribution in [1.29, 1.82) is 0 Å². The average molecular weight is 358 g/mol. The van der Waals surface area contributed by atoms with Crippen LogP contribution < -0.4 is 4.74 Å². The van der Waals surface area contributed by atoms with Crippen LogP contribution in [0.5, 0.6) is 5.88 Å². The van der Waals surface area contributed by atoms with Crippen molar-refractivity contribution in [2.75, 3.05) is 32.8 Å². The fourth-order valence-corrected chi connectivity index (χ4v) is 3.43. The van der Waals surface area contributed by atoms with Crippen LogP contribution in [0.15, 0.2) is 12.1 Å². The highest BCUT2D eigenvalue weighted by atomic mass is 19.4. The number of fused-ring (bicyclic) bond motifs is 1. The molecule has 1 fully saturated rings. The summed E-state index contributed by atoms with van der Waals surface area (Å²) in [6, 6.07) is 3.39. The number of pyridine rings is 1. The van der Waals surface area contributed by atoms with Crippen LogP contribution in [0.1, 0.15) is 36.9 Å². The molecule has 1 aromatic rings. The van der Waals surface area contributed by atoms with Gasteiger partial charge in [-0.3, -0.25) is 0 Å². The minimum absolute atomic E-state index is 0.0557. The first-order valence-corrected chi connectivity index (χ1v) is 9.02. The Bertz CT molecular complexity index is 560. The van der Waals surface area contributed by atoms with Crippen molar-refractivity contribution in [2.24, 2.45) is 0 Å². The number of ether oxygens (including phenoxy) is 2. The summed E-state index contributed by atoms with van der Waals surface area (Å²) in [4.78, 5) is 6.69. The first kappa shape index (κ1) is 18.5. The number of halogens is 3. The second-order valence-electron chi connectivity index (χ2n) is 6.78. The molecule has 1 atom stereocenters. The summed E-state index contributed by atoms with van der Waals surface area (Å²) in [5, 5.41) is 0. The Morgan fingerprint density at radius 1 is 1.20 bits per heavy atom. The Balaban J connectivity index is 1.50. The molecule has 3 rings (SSSR count). The van der Waals surface area contributed by atoms with Gasteiger partial charge in [0.15, 0.2) is 6.61 Å². The fraction of sp³-hybridized carbons (Fsp3) is 0.722. The van der Waals surface area contributed by atoms with Crippen LogP contribution in [0.4, 0.5) is 13.2 Å².